The third kappa shape index (κ3) is 8.80. The summed E-state index contributed by atoms with van der Waals surface area (Å²) in [6.07, 6.45) is 7.84. The van der Waals surface area contributed by atoms with Crippen molar-refractivity contribution in [2.75, 3.05) is 31.6 Å². The van der Waals surface area contributed by atoms with E-state index >= 15 is 0 Å². The van der Waals surface area contributed by atoms with Crippen LogP contribution in [-0.2, 0) is 4.79 Å². The van der Waals surface area contributed by atoms with E-state index in [2.05, 4.69) is 40.0 Å². The van der Waals surface area contributed by atoms with Crippen molar-refractivity contribution in [1.29, 1.82) is 0 Å². The van der Waals surface area contributed by atoms with E-state index in [4.69, 9.17) is 0 Å². The lowest BCUT2D eigenvalue weighted by Crippen LogP contribution is -2.43. The third-order valence-electron chi connectivity index (χ3n) is 5.00. The molecule has 27 heavy (non-hydrogen) atoms. The molecular formula is C21H34N4O2. The molecule has 0 spiro atoms. The lowest BCUT2D eigenvalue weighted by Gasteiger charge is -2.22. The van der Waals surface area contributed by atoms with E-state index in [1.165, 1.54) is 24.9 Å². The van der Waals surface area contributed by atoms with Crippen molar-refractivity contribution in [3.63, 3.8) is 0 Å². The number of hydrogen-bond acceptors (Lipinski definition) is 3. The molecule has 0 atom stereocenters. The molecule has 6 nitrogen and oxygen atoms in total. The maximum absolute atomic E-state index is 11.9. The minimum atomic E-state index is -0.105. The number of anilines is 1. The van der Waals surface area contributed by atoms with Crippen LogP contribution in [0.25, 0.3) is 0 Å². The molecule has 0 saturated heterocycles. The molecule has 150 valence electrons. The summed E-state index contributed by atoms with van der Waals surface area (Å²) in [6, 6.07) is 10.4. The van der Waals surface area contributed by atoms with Crippen LogP contribution in [0.5, 0.6) is 0 Å². The molecule has 1 saturated carbocycles. The van der Waals surface area contributed by atoms with Gasteiger partial charge in [-0.1, -0.05) is 37.5 Å². The molecular weight excluding hydrogens is 340 g/mol. The van der Waals surface area contributed by atoms with Gasteiger partial charge in [-0.3, -0.25) is 4.79 Å². The van der Waals surface area contributed by atoms with Crippen LogP contribution < -0.4 is 20.9 Å². The summed E-state index contributed by atoms with van der Waals surface area (Å²) in [5.74, 6) is 0.0480. The van der Waals surface area contributed by atoms with Crippen LogP contribution >= 0.6 is 0 Å². The lowest BCUT2D eigenvalue weighted by atomic mass is 9.96. The Kier molecular flexibility index (Phi) is 9.52. The van der Waals surface area contributed by atoms with E-state index in [-0.39, 0.29) is 11.9 Å². The predicted octanol–water partition coefficient (Wildman–Crippen LogP) is 3.04. The summed E-state index contributed by atoms with van der Waals surface area (Å²) >= 11 is 0. The van der Waals surface area contributed by atoms with Crippen molar-refractivity contribution in [2.24, 2.45) is 0 Å². The quantitative estimate of drug-likeness (QED) is 0.551. The topological polar surface area (TPSA) is 73.5 Å². The van der Waals surface area contributed by atoms with Gasteiger partial charge in [0.15, 0.2) is 0 Å². The Labute approximate surface area is 163 Å². The summed E-state index contributed by atoms with van der Waals surface area (Å²) in [6.45, 7) is 2.10. The van der Waals surface area contributed by atoms with E-state index in [0.717, 1.165) is 25.8 Å². The molecule has 3 N–H and O–H groups in total. The van der Waals surface area contributed by atoms with Crippen LogP contribution in [0.1, 0.15) is 51.4 Å². The number of amides is 3. The summed E-state index contributed by atoms with van der Waals surface area (Å²) in [7, 11) is 2.06. The zero-order valence-corrected chi connectivity index (χ0v) is 16.5. The first-order chi connectivity index (χ1) is 13.1. The number of nitrogens with zero attached hydrogens (tertiary/aromatic N) is 1. The first-order valence-electron chi connectivity index (χ1n) is 10.2. The monoisotopic (exact) mass is 374 g/mol. The van der Waals surface area contributed by atoms with Crippen molar-refractivity contribution in [3.8, 4) is 0 Å². The largest absolute Gasteiger partial charge is 0.375 e. The molecule has 1 aromatic rings. The molecule has 0 aromatic heterocycles. The zero-order chi connectivity index (χ0) is 19.3. The standard InChI is InChI=1S/C21H34N4O2/c1-25(19-12-6-3-7-13-19)17-9-16-22-20(26)14-8-15-23-21(27)24-18-10-4-2-5-11-18/h3,6-7,12-13,18H,2,4-5,8-11,14-17H2,1H3,(H,22,26)(H2,23,24,27). The van der Waals surface area contributed by atoms with Gasteiger partial charge in [-0.15, -0.1) is 0 Å². The molecule has 0 heterocycles. The van der Waals surface area contributed by atoms with Gasteiger partial charge < -0.3 is 20.9 Å². The van der Waals surface area contributed by atoms with Crippen molar-refractivity contribution in [2.45, 2.75) is 57.4 Å². The first kappa shape index (κ1) is 21.1. The Hall–Kier alpha value is -2.24. The highest BCUT2D eigenvalue weighted by molar-refractivity contribution is 5.76. The summed E-state index contributed by atoms with van der Waals surface area (Å²) in [5, 5.41) is 8.82. The first-order valence-corrected chi connectivity index (χ1v) is 10.2. The molecule has 3 amide bonds. The molecule has 2 rings (SSSR count). The van der Waals surface area contributed by atoms with Gasteiger partial charge in [-0.2, -0.15) is 0 Å². The number of carbonyl (C=O) groups excluding carboxylic acids is 2. The fourth-order valence-electron chi connectivity index (χ4n) is 3.38. The molecule has 0 unspecified atom stereocenters. The number of nitrogens with one attached hydrogen (secondary N) is 3. The zero-order valence-electron chi connectivity index (χ0n) is 16.5. The van der Waals surface area contributed by atoms with Gasteiger partial charge in [-0.25, -0.2) is 4.79 Å². The van der Waals surface area contributed by atoms with E-state index in [1.807, 2.05) is 18.2 Å². The van der Waals surface area contributed by atoms with Crippen LogP contribution in [0.15, 0.2) is 30.3 Å². The number of urea groups is 1. The lowest BCUT2D eigenvalue weighted by molar-refractivity contribution is -0.121. The van der Waals surface area contributed by atoms with Gasteiger partial charge in [0.05, 0.1) is 0 Å². The maximum Gasteiger partial charge on any atom is 0.315 e. The summed E-state index contributed by atoms with van der Waals surface area (Å²) in [5.41, 5.74) is 1.18. The van der Waals surface area contributed by atoms with Crippen LogP contribution in [0.3, 0.4) is 0 Å². The molecule has 1 fully saturated rings. The molecule has 0 radical (unpaired) electrons. The SMILES string of the molecule is CN(CCCNC(=O)CCCNC(=O)NC1CCCCC1)c1ccccc1. The van der Waals surface area contributed by atoms with Crippen LogP contribution in [0.4, 0.5) is 10.5 Å². The number of carbonyl (C=O) groups is 2. The number of benzene rings is 1. The average Bonchev–Trinajstić information content (AvgIpc) is 2.70. The summed E-state index contributed by atoms with van der Waals surface area (Å²) in [4.78, 5) is 25.9. The normalized spacial score (nSPS) is 14.4. The molecule has 1 aliphatic rings. The van der Waals surface area contributed by atoms with Crippen LogP contribution in [0.2, 0.25) is 0 Å². The predicted molar refractivity (Wildman–Crippen MR) is 110 cm³/mol. The number of hydrogen-bond donors (Lipinski definition) is 3. The van der Waals surface area contributed by atoms with Crippen molar-refractivity contribution < 1.29 is 9.59 Å². The third-order valence-corrected chi connectivity index (χ3v) is 5.00. The van der Waals surface area contributed by atoms with Crippen LogP contribution in [0, 0.1) is 0 Å². The minimum Gasteiger partial charge on any atom is -0.375 e. The molecule has 0 aliphatic heterocycles. The van der Waals surface area contributed by atoms with Gasteiger partial charge in [0, 0.05) is 44.8 Å². The Morgan fingerprint density at radius 2 is 1.70 bits per heavy atom. The van der Waals surface area contributed by atoms with Crippen LogP contribution in [-0.4, -0.2) is 44.7 Å². The smallest absolute Gasteiger partial charge is 0.315 e. The second kappa shape index (κ2) is 12.2. The van der Waals surface area contributed by atoms with Crippen molar-refractivity contribution in [3.05, 3.63) is 30.3 Å². The fraction of sp³-hybridized carbons (Fsp3) is 0.619. The van der Waals surface area contributed by atoms with Gasteiger partial charge in [-0.05, 0) is 37.8 Å². The fourth-order valence-corrected chi connectivity index (χ4v) is 3.38. The van der Waals surface area contributed by atoms with Gasteiger partial charge in [0.1, 0.15) is 0 Å². The number of rotatable bonds is 10. The maximum atomic E-state index is 11.9. The van der Waals surface area contributed by atoms with Gasteiger partial charge in [0.2, 0.25) is 5.91 Å². The Balaban J connectivity index is 1.45. The number of para-hydroxylation sites is 1. The molecule has 6 heteroatoms. The Morgan fingerprint density at radius 1 is 1.00 bits per heavy atom. The molecule has 0 bridgehead atoms. The average molecular weight is 375 g/mol. The Morgan fingerprint density at radius 3 is 2.44 bits per heavy atom. The van der Waals surface area contributed by atoms with E-state index in [0.29, 0.717) is 32.0 Å². The molecule has 1 aromatic carbocycles. The summed E-state index contributed by atoms with van der Waals surface area (Å²) < 4.78 is 0. The van der Waals surface area contributed by atoms with Gasteiger partial charge in [0.25, 0.3) is 0 Å². The van der Waals surface area contributed by atoms with E-state index < -0.39 is 0 Å². The van der Waals surface area contributed by atoms with Crippen molar-refractivity contribution in [1.82, 2.24) is 16.0 Å². The van der Waals surface area contributed by atoms with E-state index in [9.17, 15) is 9.59 Å². The highest BCUT2D eigenvalue weighted by Crippen LogP contribution is 2.17. The minimum absolute atomic E-state index is 0.0480. The highest BCUT2D eigenvalue weighted by atomic mass is 16.2. The second-order valence-corrected chi connectivity index (χ2v) is 7.30. The molecule has 1 aliphatic carbocycles. The highest BCUT2D eigenvalue weighted by Gasteiger charge is 2.15. The van der Waals surface area contributed by atoms with Crippen molar-refractivity contribution >= 4 is 17.6 Å². The Bertz CT molecular complexity index is 559. The van der Waals surface area contributed by atoms with E-state index in [1.54, 1.807) is 0 Å². The van der Waals surface area contributed by atoms with Gasteiger partial charge >= 0.3 is 6.03 Å². The second-order valence-electron chi connectivity index (χ2n) is 7.30.